The first kappa shape index (κ1) is 23.0. The molecule has 11 heteroatoms. The van der Waals surface area contributed by atoms with Crippen molar-refractivity contribution in [3.63, 3.8) is 0 Å². The number of benzene rings is 1. The number of H-pyrrole nitrogens is 1. The highest BCUT2D eigenvalue weighted by molar-refractivity contribution is 7.97. The van der Waals surface area contributed by atoms with Crippen molar-refractivity contribution in [1.29, 1.82) is 0 Å². The third-order valence-corrected chi connectivity index (χ3v) is 9.48. The molecule has 1 aromatic carbocycles. The molecule has 0 aliphatic heterocycles. The Balaban J connectivity index is 1.23. The average Bonchev–Trinajstić information content (AvgIpc) is 3.46. The van der Waals surface area contributed by atoms with E-state index < -0.39 is 29.0 Å². The van der Waals surface area contributed by atoms with Crippen LogP contribution in [0.2, 0.25) is 0 Å². The maximum atomic E-state index is 13.6. The predicted molar refractivity (Wildman–Crippen MR) is 124 cm³/mol. The Hall–Kier alpha value is -2.47. The van der Waals surface area contributed by atoms with Gasteiger partial charge in [0.25, 0.3) is 5.91 Å². The molecule has 5 atom stereocenters. The molecule has 5 N–H and O–H groups in total. The molecule has 0 radical (unpaired) electrons. The molecule has 1 spiro atoms. The van der Waals surface area contributed by atoms with Gasteiger partial charge in [-0.25, -0.2) is 13.2 Å². The van der Waals surface area contributed by atoms with Crippen LogP contribution in [0.5, 0.6) is 0 Å². The number of halogens is 3. The van der Waals surface area contributed by atoms with Crippen molar-refractivity contribution < 1.29 is 28.2 Å². The fourth-order valence-electron chi connectivity index (χ4n) is 6.79. The molecule has 3 fully saturated rings. The van der Waals surface area contributed by atoms with Crippen molar-refractivity contribution in [2.45, 2.75) is 42.4 Å². The van der Waals surface area contributed by atoms with E-state index in [0.717, 1.165) is 35.5 Å². The first-order valence-electron chi connectivity index (χ1n) is 11.5. The molecule has 1 amide bonds. The maximum absolute atomic E-state index is 13.6. The van der Waals surface area contributed by atoms with Gasteiger partial charge < -0.3 is 25.1 Å². The van der Waals surface area contributed by atoms with Crippen LogP contribution in [0.25, 0.3) is 10.9 Å². The Bertz CT molecular complexity index is 1340. The van der Waals surface area contributed by atoms with E-state index in [-0.39, 0.29) is 35.4 Å². The highest BCUT2D eigenvalue weighted by Crippen LogP contribution is 2.73. The molecular weight excluding hydrogens is 481 g/mol. The first-order valence-corrected chi connectivity index (χ1v) is 12.4. The van der Waals surface area contributed by atoms with Crippen LogP contribution in [-0.4, -0.2) is 43.9 Å². The monoisotopic (exact) mass is 506 g/mol. The van der Waals surface area contributed by atoms with Crippen LogP contribution in [0, 0.1) is 34.7 Å². The molecule has 0 bridgehead atoms. The molecule has 2 heterocycles. The number of aromatic amines is 1. The van der Waals surface area contributed by atoms with Gasteiger partial charge in [-0.1, -0.05) is 0 Å². The number of amides is 1. The number of aliphatic hydroxyl groups excluding tert-OH is 1. The van der Waals surface area contributed by atoms with Crippen molar-refractivity contribution >= 4 is 34.4 Å². The number of aromatic nitrogens is 2. The van der Waals surface area contributed by atoms with E-state index in [4.69, 9.17) is 0 Å². The van der Waals surface area contributed by atoms with Gasteiger partial charge in [0.2, 0.25) is 0 Å². The number of hydrogen-bond donors (Lipinski definition) is 5. The first-order chi connectivity index (χ1) is 16.7. The molecule has 6 rings (SSSR count). The van der Waals surface area contributed by atoms with Crippen LogP contribution in [0.15, 0.2) is 29.4 Å². The third-order valence-electron chi connectivity index (χ3n) is 8.42. The molecule has 186 valence electrons. The molecule has 3 saturated carbocycles. The molecule has 35 heavy (non-hydrogen) atoms. The number of rotatable bonds is 6. The summed E-state index contributed by atoms with van der Waals surface area (Å²) in [7, 11) is 1.73. The van der Waals surface area contributed by atoms with Crippen molar-refractivity contribution in [1.82, 2.24) is 14.3 Å². The van der Waals surface area contributed by atoms with Gasteiger partial charge in [0.05, 0.1) is 17.7 Å². The second-order valence-electron chi connectivity index (χ2n) is 10.2. The SMILES string of the molecule is Cn1c(C(=O)Nc2cc(F)c(F)c(F)c2)c2cc[nH]c2c1SNC1C2CCC23CC(O)(CO)CC13. The molecular formula is C24H25F3N4O3S. The Morgan fingerprint density at radius 2 is 2.03 bits per heavy atom. The van der Waals surface area contributed by atoms with E-state index in [2.05, 4.69) is 15.0 Å². The molecule has 3 aliphatic carbocycles. The lowest BCUT2D eigenvalue weighted by molar-refractivity contribution is -0.148. The average molecular weight is 507 g/mol. The second kappa shape index (κ2) is 7.76. The lowest BCUT2D eigenvalue weighted by Gasteiger charge is -2.66. The number of fused-ring (bicyclic) bond motifs is 1. The van der Waals surface area contributed by atoms with Crippen molar-refractivity contribution in [2.75, 3.05) is 11.9 Å². The van der Waals surface area contributed by atoms with Crippen LogP contribution in [0.1, 0.15) is 36.2 Å². The van der Waals surface area contributed by atoms with Gasteiger partial charge in [-0.2, -0.15) is 0 Å². The fourth-order valence-corrected chi connectivity index (χ4v) is 7.86. The minimum Gasteiger partial charge on any atom is -0.393 e. The van der Waals surface area contributed by atoms with Gasteiger partial charge in [0, 0.05) is 42.5 Å². The summed E-state index contributed by atoms with van der Waals surface area (Å²) >= 11 is 1.40. The maximum Gasteiger partial charge on any atom is 0.273 e. The normalized spacial score (nSPS) is 31.1. The van der Waals surface area contributed by atoms with E-state index in [0.29, 0.717) is 24.1 Å². The Morgan fingerprint density at radius 1 is 1.29 bits per heavy atom. The molecule has 3 aliphatic rings. The van der Waals surface area contributed by atoms with Gasteiger partial charge in [-0.05, 0) is 60.9 Å². The minimum atomic E-state index is -1.59. The van der Waals surface area contributed by atoms with Crippen LogP contribution in [0.3, 0.4) is 0 Å². The minimum absolute atomic E-state index is 0.121. The van der Waals surface area contributed by atoms with Crippen LogP contribution < -0.4 is 10.0 Å². The van der Waals surface area contributed by atoms with Crippen molar-refractivity contribution in [2.24, 2.45) is 24.3 Å². The smallest absolute Gasteiger partial charge is 0.273 e. The Labute approximate surface area is 203 Å². The summed E-state index contributed by atoms with van der Waals surface area (Å²) in [6.07, 6.45) is 5.09. The van der Waals surface area contributed by atoms with Crippen LogP contribution in [-0.2, 0) is 7.05 Å². The summed E-state index contributed by atoms with van der Waals surface area (Å²) in [5, 5.41) is 24.2. The van der Waals surface area contributed by atoms with E-state index >= 15 is 0 Å². The number of aliphatic hydroxyl groups is 2. The number of anilines is 1. The zero-order valence-electron chi connectivity index (χ0n) is 18.9. The van der Waals surface area contributed by atoms with E-state index in [9.17, 15) is 28.2 Å². The number of carbonyl (C=O) groups is 1. The second-order valence-corrected chi connectivity index (χ2v) is 11.0. The molecule has 3 aromatic rings. The lowest BCUT2D eigenvalue weighted by Crippen LogP contribution is -2.67. The standard InChI is InChI=1S/C24H25F3N4O3S/c1-31-20(21(33)29-11-6-15(25)17(27)16(26)7-11)12-3-5-28-18(12)22(31)35-30-19-13-2-4-24(13)9-23(34,10-32)8-14(19)24/h3,5-7,13-14,19,28,30,32,34H,2,4,8-10H2,1H3,(H,29,33). The van der Waals surface area contributed by atoms with Crippen molar-refractivity contribution in [3.8, 4) is 0 Å². The number of nitrogens with zero attached hydrogens (tertiary/aromatic N) is 1. The summed E-state index contributed by atoms with van der Waals surface area (Å²) in [5.74, 6) is -4.20. The summed E-state index contributed by atoms with van der Waals surface area (Å²) < 4.78 is 45.7. The Morgan fingerprint density at radius 3 is 2.69 bits per heavy atom. The third kappa shape index (κ3) is 3.21. The van der Waals surface area contributed by atoms with Gasteiger partial charge in [-0.15, -0.1) is 0 Å². The van der Waals surface area contributed by atoms with Gasteiger partial charge >= 0.3 is 0 Å². The molecule has 5 unspecified atom stereocenters. The van der Waals surface area contributed by atoms with E-state index in [1.807, 2.05) is 0 Å². The number of nitrogens with one attached hydrogen (secondary N) is 3. The zero-order valence-corrected chi connectivity index (χ0v) is 19.7. The number of carbonyl (C=O) groups excluding carboxylic acids is 1. The summed E-state index contributed by atoms with van der Waals surface area (Å²) in [6.45, 7) is -0.223. The summed E-state index contributed by atoms with van der Waals surface area (Å²) in [6, 6.07) is 3.42. The predicted octanol–water partition coefficient (Wildman–Crippen LogP) is 3.68. The summed E-state index contributed by atoms with van der Waals surface area (Å²) in [5.41, 5.74) is -0.0396. The van der Waals surface area contributed by atoms with Gasteiger partial charge in [0.15, 0.2) is 17.5 Å². The Kier molecular flexibility index (Phi) is 5.09. The zero-order chi connectivity index (χ0) is 24.7. The van der Waals surface area contributed by atoms with E-state index in [1.165, 1.54) is 11.9 Å². The fraction of sp³-hybridized carbons (Fsp3) is 0.458. The largest absolute Gasteiger partial charge is 0.393 e. The number of hydrogen-bond acceptors (Lipinski definition) is 5. The van der Waals surface area contributed by atoms with Gasteiger partial charge in [0.1, 0.15) is 10.7 Å². The topological polar surface area (TPSA) is 102 Å². The summed E-state index contributed by atoms with van der Waals surface area (Å²) in [4.78, 5) is 16.2. The molecule has 2 aromatic heterocycles. The lowest BCUT2D eigenvalue weighted by atomic mass is 9.41. The van der Waals surface area contributed by atoms with Crippen molar-refractivity contribution in [3.05, 3.63) is 47.5 Å². The quantitative estimate of drug-likeness (QED) is 0.259. The highest BCUT2D eigenvalue weighted by Gasteiger charge is 2.72. The van der Waals surface area contributed by atoms with Crippen LogP contribution in [0.4, 0.5) is 18.9 Å². The molecule has 7 nitrogen and oxygen atoms in total. The van der Waals surface area contributed by atoms with Crippen LogP contribution >= 0.6 is 11.9 Å². The van der Waals surface area contributed by atoms with Gasteiger partial charge in [-0.3, -0.25) is 9.52 Å². The molecule has 0 saturated heterocycles. The highest BCUT2D eigenvalue weighted by atomic mass is 32.2. The van der Waals surface area contributed by atoms with E-state index in [1.54, 1.807) is 23.9 Å².